The van der Waals surface area contributed by atoms with Crippen molar-refractivity contribution in [1.29, 1.82) is 0 Å². The molecule has 0 saturated heterocycles. The summed E-state index contributed by atoms with van der Waals surface area (Å²) >= 11 is 0. The lowest BCUT2D eigenvalue weighted by Crippen LogP contribution is -2.18. The quantitative estimate of drug-likeness (QED) is 0.217. The second-order valence-electron chi connectivity index (χ2n) is 4.74. The standard InChI is InChI=1S/C14H15FN6O2S/c1-8-9(6-7-12(15)19-8)10-4-3-5-11(24(17,22)23)13(10)14(20-16)21-18-2/h3-7H,16H2,1-2H3,(H2,17,22,23)/b20-14-,21-18?. The molecule has 0 bridgehead atoms. The first-order valence-electron chi connectivity index (χ1n) is 6.67. The molecule has 4 N–H and O–H groups in total. The zero-order chi connectivity index (χ0) is 17.9. The maximum absolute atomic E-state index is 13.3. The Morgan fingerprint density at radius 1 is 1.21 bits per heavy atom. The summed E-state index contributed by atoms with van der Waals surface area (Å²) in [5, 5.41) is 16.1. The number of azo groups is 1. The van der Waals surface area contributed by atoms with Crippen LogP contribution in [0, 0.1) is 12.9 Å². The van der Waals surface area contributed by atoms with Gasteiger partial charge in [0.25, 0.3) is 0 Å². The molecule has 1 aromatic heterocycles. The maximum Gasteiger partial charge on any atom is 0.238 e. The van der Waals surface area contributed by atoms with Crippen LogP contribution in [0.2, 0.25) is 0 Å². The van der Waals surface area contributed by atoms with Gasteiger partial charge in [0.05, 0.1) is 10.5 Å². The molecule has 2 aromatic rings. The van der Waals surface area contributed by atoms with Crippen molar-refractivity contribution in [2.45, 2.75) is 11.8 Å². The van der Waals surface area contributed by atoms with E-state index in [1.807, 2.05) is 0 Å². The molecule has 0 atom stereocenters. The van der Waals surface area contributed by atoms with Crippen molar-refractivity contribution in [3.8, 4) is 11.1 Å². The lowest BCUT2D eigenvalue weighted by molar-refractivity contribution is 0.580. The fourth-order valence-electron chi connectivity index (χ4n) is 2.27. The highest BCUT2D eigenvalue weighted by atomic mass is 32.2. The van der Waals surface area contributed by atoms with E-state index in [1.165, 1.54) is 25.2 Å². The minimum absolute atomic E-state index is 0.0737. The van der Waals surface area contributed by atoms with Crippen LogP contribution in [-0.2, 0) is 10.0 Å². The molecule has 0 fully saturated rings. The number of halogens is 1. The van der Waals surface area contributed by atoms with Gasteiger partial charge in [0.1, 0.15) is 0 Å². The normalized spacial score (nSPS) is 12.8. The fourth-order valence-corrected chi connectivity index (χ4v) is 3.03. The van der Waals surface area contributed by atoms with Crippen LogP contribution in [0.3, 0.4) is 0 Å². The average Bonchev–Trinajstić information content (AvgIpc) is 2.51. The number of hydrogen-bond donors (Lipinski definition) is 2. The molecule has 2 rings (SSSR count). The minimum Gasteiger partial charge on any atom is -0.321 e. The third-order valence-electron chi connectivity index (χ3n) is 3.22. The molecule has 0 unspecified atom stereocenters. The Hall–Kier alpha value is -2.72. The van der Waals surface area contributed by atoms with Gasteiger partial charge in [0.2, 0.25) is 21.8 Å². The van der Waals surface area contributed by atoms with Gasteiger partial charge in [-0.2, -0.15) is 14.6 Å². The molecule has 0 aliphatic heterocycles. The monoisotopic (exact) mass is 350 g/mol. The summed E-state index contributed by atoms with van der Waals surface area (Å²) in [4.78, 5) is 3.52. The number of primary sulfonamides is 1. The predicted octanol–water partition coefficient (Wildman–Crippen LogP) is 1.55. The molecule has 0 amide bonds. The van der Waals surface area contributed by atoms with Crippen LogP contribution >= 0.6 is 0 Å². The Balaban J connectivity index is 2.91. The molecule has 0 aliphatic rings. The Labute approximate surface area is 138 Å². The first-order chi connectivity index (χ1) is 11.3. The highest BCUT2D eigenvalue weighted by Gasteiger charge is 2.23. The van der Waals surface area contributed by atoms with Crippen molar-refractivity contribution in [2.24, 2.45) is 26.3 Å². The zero-order valence-electron chi connectivity index (χ0n) is 12.9. The second-order valence-corrected chi connectivity index (χ2v) is 6.27. The number of benzene rings is 1. The van der Waals surface area contributed by atoms with Crippen molar-refractivity contribution in [3.63, 3.8) is 0 Å². The van der Waals surface area contributed by atoms with Crippen LogP contribution in [0.4, 0.5) is 4.39 Å². The van der Waals surface area contributed by atoms with E-state index in [1.54, 1.807) is 13.0 Å². The van der Waals surface area contributed by atoms with Gasteiger partial charge < -0.3 is 5.84 Å². The fraction of sp³-hybridized carbons (Fsp3) is 0.143. The van der Waals surface area contributed by atoms with E-state index in [9.17, 15) is 12.8 Å². The van der Waals surface area contributed by atoms with E-state index in [4.69, 9.17) is 11.0 Å². The molecule has 0 aliphatic carbocycles. The van der Waals surface area contributed by atoms with Crippen molar-refractivity contribution < 1.29 is 12.8 Å². The number of amidine groups is 1. The number of aromatic nitrogens is 1. The van der Waals surface area contributed by atoms with Crippen LogP contribution in [-0.4, -0.2) is 26.3 Å². The Morgan fingerprint density at radius 2 is 1.92 bits per heavy atom. The van der Waals surface area contributed by atoms with Crippen LogP contribution in [0.1, 0.15) is 11.3 Å². The van der Waals surface area contributed by atoms with Gasteiger partial charge in [0.15, 0.2) is 0 Å². The summed E-state index contributed by atoms with van der Waals surface area (Å²) in [5.74, 6) is 4.56. The number of rotatable bonds is 3. The summed E-state index contributed by atoms with van der Waals surface area (Å²) in [6, 6.07) is 7.05. The Kier molecular flexibility index (Phi) is 5.00. The molecule has 1 heterocycles. The third-order valence-corrected chi connectivity index (χ3v) is 4.17. The van der Waals surface area contributed by atoms with Crippen molar-refractivity contribution in [3.05, 3.63) is 47.5 Å². The highest BCUT2D eigenvalue weighted by Crippen LogP contribution is 2.31. The summed E-state index contributed by atoms with van der Waals surface area (Å²) in [6.45, 7) is 1.59. The summed E-state index contributed by atoms with van der Waals surface area (Å²) in [5.41, 5.74) is 1.31. The average molecular weight is 350 g/mol. The van der Waals surface area contributed by atoms with Crippen molar-refractivity contribution in [2.75, 3.05) is 7.05 Å². The lowest BCUT2D eigenvalue weighted by Gasteiger charge is -2.14. The number of aryl methyl sites for hydroxylation is 1. The molecule has 0 saturated carbocycles. The van der Waals surface area contributed by atoms with E-state index >= 15 is 0 Å². The predicted molar refractivity (Wildman–Crippen MR) is 87.2 cm³/mol. The van der Waals surface area contributed by atoms with Gasteiger partial charge in [-0.1, -0.05) is 12.1 Å². The van der Waals surface area contributed by atoms with Crippen LogP contribution in [0.15, 0.2) is 50.6 Å². The number of hydrogen-bond acceptors (Lipinski definition) is 6. The zero-order valence-corrected chi connectivity index (χ0v) is 13.7. The van der Waals surface area contributed by atoms with Crippen LogP contribution < -0.4 is 11.0 Å². The summed E-state index contributed by atoms with van der Waals surface area (Å²) in [6.07, 6.45) is 0. The molecule has 24 heavy (non-hydrogen) atoms. The highest BCUT2D eigenvalue weighted by molar-refractivity contribution is 7.89. The van der Waals surface area contributed by atoms with Gasteiger partial charge in [-0.15, -0.1) is 5.11 Å². The van der Waals surface area contributed by atoms with Crippen LogP contribution in [0.5, 0.6) is 0 Å². The van der Waals surface area contributed by atoms with E-state index < -0.39 is 16.0 Å². The lowest BCUT2D eigenvalue weighted by atomic mass is 9.98. The van der Waals surface area contributed by atoms with E-state index in [0.29, 0.717) is 16.8 Å². The van der Waals surface area contributed by atoms with Gasteiger partial charge in [-0.3, -0.25) is 0 Å². The first-order valence-corrected chi connectivity index (χ1v) is 8.21. The van der Waals surface area contributed by atoms with Gasteiger partial charge in [0, 0.05) is 18.3 Å². The largest absolute Gasteiger partial charge is 0.321 e. The molecule has 10 heteroatoms. The number of sulfonamides is 1. The van der Waals surface area contributed by atoms with Crippen molar-refractivity contribution in [1.82, 2.24) is 4.98 Å². The smallest absolute Gasteiger partial charge is 0.238 e. The molecule has 1 aromatic carbocycles. The number of pyridine rings is 1. The Morgan fingerprint density at radius 3 is 2.46 bits per heavy atom. The van der Waals surface area contributed by atoms with Crippen LogP contribution in [0.25, 0.3) is 11.1 Å². The molecular formula is C14H15FN6O2S. The molecule has 126 valence electrons. The third kappa shape index (κ3) is 3.44. The topological polar surface area (TPSA) is 136 Å². The first kappa shape index (κ1) is 17.6. The molecule has 8 nitrogen and oxygen atoms in total. The second kappa shape index (κ2) is 6.81. The molecule has 0 spiro atoms. The summed E-state index contributed by atoms with van der Waals surface area (Å²) in [7, 11) is -2.71. The Bertz CT molecular complexity index is 940. The van der Waals surface area contributed by atoms with E-state index in [2.05, 4.69) is 20.3 Å². The SMILES string of the molecule is CN=N/C(=N\N)c1c(-c2ccc(F)nc2C)cccc1S(N)(=O)=O. The number of nitrogens with zero attached hydrogens (tertiary/aromatic N) is 4. The molecule has 0 radical (unpaired) electrons. The van der Waals surface area contributed by atoms with Gasteiger partial charge >= 0.3 is 0 Å². The van der Waals surface area contributed by atoms with E-state index in [-0.39, 0.29) is 16.3 Å². The molecular weight excluding hydrogens is 335 g/mol. The number of hydrazone groups is 1. The van der Waals surface area contributed by atoms with E-state index in [0.717, 1.165) is 6.07 Å². The van der Waals surface area contributed by atoms with Crippen molar-refractivity contribution >= 4 is 15.9 Å². The number of nitrogens with two attached hydrogens (primary N) is 2. The minimum atomic E-state index is -4.09. The maximum atomic E-state index is 13.3. The van der Waals surface area contributed by atoms with Gasteiger partial charge in [-0.25, -0.2) is 18.5 Å². The summed E-state index contributed by atoms with van der Waals surface area (Å²) < 4.78 is 37.1. The van der Waals surface area contributed by atoms with Gasteiger partial charge in [-0.05, 0) is 30.7 Å².